The molecule has 3 nitrogen and oxygen atoms in total. The van der Waals surface area contributed by atoms with E-state index in [-0.39, 0.29) is 23.3 Å². The summed E-state index contributed by atoms with van der Waals surface area (Å²) in [6, 6.07) is 0. The third-order valence-corrected chi connectivity index (χ3v) is 6.35. The molecule has 1 aliphatic carbocycles. The Hall–Kier alpha value is -0.290. The lowest BCUT2D eigenvalue weighted by molar-refractivity contribution is -0.143. The predicted molar refractivity (Wildman–Crippen MR) is 86.2 cm³/mol. The average Bonchev–Trinajstić information content (AvgIpc) is 2.38. The van der Waals surface area contributed by atoms with Crippen molar-refractivity contribution in [3.8, 4) is 0 Å². The monoisotopic (exact) mass is 316 g/mol. The number of ketones is 3. The zero-order chi connectivity index (χ0) is 15.1. The van der Waals surface area contributed by atoms with Crippen LogP contribution < -0.4 is 0 Å². The van der Waals surface area contributed by atoms with Gasteiger partial charge in [0.1, 0.15) is 5.92 Å². The highest BCUT2D eigenvalue weighted by atomic mass is 32.2. The zero-order valence-electron chi connectivity index (χ0n) is 12.5. The van der Waals surface area contributed by atoms with Gasteiger partial charge in [-0.25, -0.2) is 0 Å². The van der Waals surface area contributed by atoms with Crippen molar-refractivity contribution < 1.29 is 14.4 Å². The van der Waals surface area contributed by atoms with Crippen LogP contribution >= 0.6 is 23.5 Å². The number of Topliss-reactive ketones (excluding diaryl/α,β-unsaturated/α-hetero) is 3. The Labute approximate surface area is 130 Å². The zero-order valence-corrected chi connectivity index (χ0v) is 14.1. The van der Waals surface area contributed by atoms with Crippen molar-refractivity contribution in [1.29, 1.82) is 0 Å². The SMILES string of the molecule is CCCC(=O)C1C(=O)CC(C(SCC)SCC)CC1=O. The molecule has 0 aromatic carbocycles. The summed E-state index contributed by atoms with van der Waals surface area (Å²) < 4.78 is 0.292. The molecule has 1 aliphatic rings. The summed E-state index contributed by atoms with van der Waals surface area (Å²) in [5, 5.41) is 0. The molecular formula is C15H24O3S2. The van der Waals surface area contributed by atoms with Gasteiger partial charge in [-0.1, -0.05) is 20.8 Å². The lowest BCUT2D eigenvalue weighted by Gasteiger charge is -2.30. The molecular weight excluding hydrogens is 292 g/mol. The summed E-state index contributed by atoms with van der Waals surface area (Å²) in [6.45, 7) is 6.08. The Morgan fingerprint density at radius 1 is 1.10 bits per heavy atom. The molecule has 0 unspecified atom stereocenters. The summed E-state index contributed by atoms with van der Waals surface area (Å²) in [5.41, 5.74) is 0. The minimum Gasteiger partial charge on any atom is -0.298 e. The van der Waals surface area contributed by atoms with E-state index in [1.54, 1.807) is 23.5 Å². The Morgan fingerprint density at radius 2 is 1.60 bits per heavy atom. The molecule has 0 amide bonds. The van der Waals surface area contributed by atoms with E-state index in [0.29, 0.717) is 30.3 Å². The van der Waals surface area contributed by atoms with E-state index in [2.05, 4.69) is 13.8 Å². The molecule has 0 heterocycles. The number of hydrogen-bond acceptors (Lipinski definition) is 5. The fourth-order valence-electron chi connectivity index (χ4n) is 2.60. The first-order valence-corrected chi connectivity index (χ1v) is 9.46. The van der Waals surface area contributed by atoms with Crippen LogP contribution in [0.15, 0.2) is 0 Å². The maximum atomic E-state index is 12.2. The van der Waals surface area contributed by atoms with Gasteiger partial charge in [-0.05, 0) is 23.8 Å². The minimum atomic E-state index is -0.954. The fourth-order valence-corrected chi connectivity index (χ4v) is 5.38. The van der Waals surface area contributed by atoms with Crippen molar-refractivity contribution in [3.63, 3.8) is 0 Å². The van der Waals surface area contributed by atoms with Gasteiger partial charge in [0.05, 0.1) is 4.58 Å². The topological polar surface area (TPSA) is 51.2 Å². The van der Waals surface area contributed by atoms with E-state index < -0.39 is 5.92 Å². The van der Waals surface area contributed by atoms with Gasteiger partial charge in [0.2, 0.25) is 0 Å². The lowest BCUT2D eigenvalue weighted by atomic mass is 9.78. The Kier molecular flexibility index (Phi) is 7.88. The van der Waals surface area contributed by atoms with Crippen molar-refractivity contribution >= 4 is 40.9 Å². The normalized spacial score (nSPS) is 23.4. The van der Waals surface area contributed by atoms with Crippen molar-refractivity contribution in [3.05, 3.63) is 0 Å². The van der Waals surface area contributed by atoms with E-state index in [4.69, 9.17) is 0 Å². The minimum absolute atomic E-state index is 0.0931. The van der Waals surface area contributed by atoms with Crippen molar-refractivity contribution in [2.75, 3.05) is 11.5 Å². The molecule has 0 aliphatic heterocycles. The number of thioether (sulfide) groups is 2. The first-order valence-electron chi connectivity index (χ1n) is 7.36. The fraction of sp³-hybridized carbons (Fsp3) is 0.800. The number of carbonyl (C=O) groups is 3. The first kappa shape index (κ1) is 17.8. The molecule has 0 atom stereocenters. The van der Waals surface area contributed by atoms with E-state index >= 15 is 0 Å². The molecule has 0 saturated heterocycles. The average molecular weight is 316 g/mol. The Morgan fingerprint density at radius 3 is 2.00 bits per heavy atom. The van der Waals surface area contributed by atoms with Crippen LogP contribution in [0, 0.1) is 11.8 Å². The summed E-state index contributed by atoms with van der Waals surface area (Å²) >= 11 is 3.61. The second-order valence-electron chi connectivity index (χ2n) is 5.03. The van der Waals surface area contributed by atoms with E-state index in [9.17, 15) is 14.4 Å². The van der Waals surface area contributed by atoms with Crippen LogP contribution in [-0.2, 0) is 14.4 Å². The van der Waals surface area contributed by atoms with Gasteiger partial charge in [0.15, 0.2) is 17.3 Å². The van der Waals surface area contributed by atoms with Crippen LogP contribution in [0.25, 0.3) is 0 Å². The van der Waals surface area contributed by atoms with Gasteiger partial charge < -0.3 is 0 Å². The standard InChI is InChI=1S/C15H24O3S2/c1-4-7-11(16)14-12(17)8-10(9-13(14)18)15(19-5-2)20-6-3/h10,14-15H,4-9H2,1-3H3. The number of rotatable bonds is 8. The predicted octanol–water partition coefficient (Wildman–Crippen LogP) is 3.35. The van der Waals surface area contributed by atoms with Gasteiger partial charge >= 0.3 is 0 Å². The van der Waals surface area contributed by atoms with Crippen molar-refractivity contribution in [2.45, 2.75) is 51.0 Å². The molecule has 0 aromatic heterocycles. The Balaban J connectivity index is 2.73. The van der Waals surface area contributed by atoms with Gasteiger partial charge in [0.25, 0.3) is 0 Å². The third kappa shape index (κ3) is 4.62. The molecule has 114 valence electrons. The number of carbonyl (C=O) groups excluding carboxylic acids is 3. The second kappa shape index (κ2) is 8.88. The van der Waals surface area contributed by atoms with Gasteiger partial charge in [-0.2, -0.15) is 0 Å². The molecule has 0 spiro atoms. The maximum Gasteiger partial charge on any atom is 0.151 e. The first-order chi connectivity index (χ1) is 9.54. The lowest BCUT2D eigenvalue weighted by Crippen LogP contribution is -2.40. The maximum absolute atomic E-state index is 12.2. The Bertz CT molecular complexity index is 344. The highest BCUT2D eigenvalue weighted by Gasteiger charge is 2.41. The smallest absolute Gasteiger partial charge is 0.151 e. The second-order valence-corrected chi connectivity index (χ2v) is 8.16. The molecule has 1 saturated carbocycles. The van der Waals surface area contributed by atoms with Crippen molar-refractivity contribution in [1.82, 2.24) is 0 Å². The highest BCUT2D eigenvalue weighted by Crippen LogP contribution is 2.38. The molecule has 1 fully saturated rings. The molecule has 0 aromatic rings. The van der Waals surface area contributed by atoms with Crippen molar-refractivity contribution in [2.24, 2.45) is 11.8 Å². The van der Waals surface area contributed by atoms with Crippen LogP contribution in [-0.4, -0.2) is 33.4 Å². The van der Waals surface area contributed by atoms with Gasteiger partial charge in [-0.3, -0.25) is 14.4 Å². The summed E-state index contributed by atoms with van der Waals surface area (Å²) in [5.74, 6) is 0.624. The largest absolute Gasteiger partial charge is 0.298 e. The van der Waals surface area contributed by atoms with Crippen LogP contribution in [0.2, 0.25) is 0 Å². The molecule has 0 bridgehead atoms. The molecule has 5 heteroatoms. The summed E-state index contributed by atoms with van der Waals surface area (Å²) in [4.78, 5) is 36.3. The quantitative estimate of drug-likeness (QED) is 0.508. The van der Waals surface area contributed by atoms with Gasteiger partial charge in [-0.15, -0.1) is 23.5 Å². The van der Waals surface area contributed by atoms with Gasteiger partial charge in [0, 0.05) is 19.3 Å². The summed E-state index contributed by atoms with van der Waals surface area (Å²) in [7, 11) is 0. The van der Waals surface area contributed by atoms with E-state index in [1.165, 1.54) is 0 Å². The molecule has 0 N–H and O–H groups in total. The van der Waals surface area contributed by atoms with Crippen LogP contribution in [0.5, 0.6) is 0 Å². The van der Waals surface area contributed by atoms with E-state index in [1.807, 2.05) is 6.92 Å². The number of hydrogen-bond donors (Lipinski definition) is 0. The van der Waals surface area contributed by atoms with Crippen LogP contribution in [0.4, 0.5) is 0 Å². The van der Waals surface area contributed by atoms with Crippen LogP contribution in [0.1, 0.15) is 46.5 Å². The highest BCUT2D eigenvalue weighted by molar-refractivity contribution is 8.17. The summed E-state index contributed by atoms with van der Waals surface area (Å²) in [6.07, 6.45) is 1.80. The molecule has 1 rings (SSSR count). The molecule has 0 radical (unpaired) electrons. The third-order valence-electron chi connectivity index (χ3n) is 3.44. The van der Waals surface area contributed by atoms with E-state index in [0.717, 1.165) is 11.5 Å². The van der Waals surface area contributed by atoms with Crippen LogP contribution in [0.3, 0.4) is 0 Å². The molecule has 20 heavy (non-hydrogen) atoms.